The third-order valence-corrected chi connectivity index (χ3v) is 5.72. The van der Waals surface area contributed by atoms with Crippen LogP contribution in [0.2, 0.25) is 0 Å². The average Bonchev–Trinajstić information content (AvgIpc) is 2.63. The first-order valence-electron chi connectivity index (χ1n) is 10.0. The van der Waals surface area contributed by atoms with Crippen molar-refractivity contribution in [3.05, 3.63) is 29.3 Å². The topological polar surface area (TPSA) is 65.0 Å². The van der Waals surface area contributed by atoms with Crippen molar-refractivity contribution in [1.29, 1.82) is 0 Å². The minimum absolute atomic E-state index is 0.0447. The van der Waals surface area contributed by atoms with Gasteiger partial charge in [-0.05, 0) is 56.4 Å². The lowest BCUT2D eigenvalue weighted by molar-refractivity contribution is -0.138. The molecule has 1 aromatic rings. The van der Waals surface area contributed by atoms with E-state index >= 15 is 0 Å². The minimum Gasteiger partial charge on any atom is -0.390 e. The van der Waals surface area contributed by atoms with E-state index < -0.39 is 6.10 Å². The number of amides is 1. The molecule has 150 valence electrons. The van der Waals surface area contributed by atoms with Gasteiger partial charge in [-0.2, -0.15) is 0 Å². The number of benzene rings is 1. The molecular weight excluding hydrogens is 342 g/mol. The molecular formula is C21H33N3O3. The minimum atomic E-state index is -0.517. The fourth-order valence-electron chi connectivity index (χ4n) is 4.31. The number of carbonyl (C=O) groups is 1. The molecule has 0 saturated carbocycles. The summed E-state index contributed by atoms with van der Waals surface area (Å²) in [5, 5.41) is 14.1. The summed E-state index contributed by atoms with van der Waals surface area (Å²) in [6.07, 6.45) is 2.41. The predicted octanol–water partition coefficient (Wildman–Crippen LogP) is 1.47. The van der Waals surface area contributed by atoms with Crippen molar-refractivity contribution in [2.45, 2.75) is 51.3 Å². The van der Waals surface area contributed by atoms with E-state index in [9.17, 15) is 9.90 Å². The van der Waals surface area contributed by atoms with Gasteiger partial charge < -0.3 is 25.0 Å². The van der Waals surface area contributed by atoms with Gasteiger partial charge in [-0.3, -0.25) is 4.79 Å². The molecule has 2 saturated heterocycles. The van der Waals surface area contributed by atoms with E-state index in [4.69, 9.17) is 4.74 Å². The Kier molecular flexibility index (Phi) is 6.73. The third kappa shape index (κ3) is 5.21. The Balaban J connectivity index is 1.47. The lowest BCUT2D eigenvalue weighted by atomic mass is 9.97. The second-order valence-electron chi connectivity index (χ2n) is 8.01. The number of methoxy groups -OCH3 is 1. The highest BCUT2D eigenvalue weighted by atomic mass is 16.5. The molecule has 3 rings (SSSR count). The molecule has 6 nitrogen and oxygen atoms in total. The number of rotatable bonds is 5. The van der Waals surface area contributed by atoms with Crippen LogP contribution in [0.15, 0.2) is 18.2 Å². The Bertz CT molecular complexity index is 623. The van der Waals surface area contributed by atoms with Crippen molar-refractivity contribution in [2.24, 2.45) is 0 Å². The molecule has 2 aliphatic rings. The van der Waals surface area contributed by atoms with Crippen LogP contribution in [0.4, 0.5) is 5.69 Å². The summed E-state index contributed by atoms with van der Waals surface area (Å²) in [6.45, 7) is 7.51. The molecule has 1 aromatic carbocycles. The van der Waals surface area contributed by atoms with Crippen LogP contribution in [-0.4, -0.2) is 74.0 Å². The van der Waals surface area contributed by atoms with Gasteiger partial charge in [0, 0.05) is 51.1 Å². The zero-order valence-electron chi connectivity index (χ0n) is 16.8. The summed E-state index contributed by atoms with van der Waals surface area (Å²) in [5.74, 6) is -0.0447. The van der Waals surface area contributed by atoms with Crippen LogP contribution in [0.1, 0.15) is 30.4 Å². The number of likely N-dealkylation sites (tertiary alicyclic amines) is 1. The Morgan fingerprint density at radius 1 is 1.15 bits per heavy atom. The fraction of sp³-hybridized carbons (Fsp3) is 0.667. The molecule has 1 amide bonds. The number of piperidine rings is 2. The normalized spacial score (nSPS) is 24.3. The molecule has 6 heteroatoms. The van der Waals surface area contributed by atoms with Crippen molar-refractivity contribution in [2.75, 3.05) is 44.8 Å². The van der Waals surface area contributed by atoms with Crippen molar-refractivity contribution in [3.8, 4) is 0 Å². The van der Waals surface area contributed by atoms with Gasteiger partial charge in [0.2, 0.25) is 5.91 Å². The molecule has 27 heavy (non-hydrogen) atoms. The Morgan fingerprint density at radius 2 is 1.81 bits per heavy atom. The standard InChI is InChI=1S/C21H33N3O3/c1-15-10-16(2)12-18(11-15)23-7-4-17(5-8-23)22-19-6-9-24(13-20(19)25)21(26)14-27-3/h10-12,17,19-20,22,25H,4-9,13-14H2,1-3H3/t19-,20-/m1/s1. The van der Waals surface area contributed by atoms with Crippen LogP contribution in [0.3, 0.4) is 0 Å². The van der Waals surface area contributed by atoms with Crippen LogP contribution >= 0.6 is 0 Å². The first kappa shape index (κ1) is 20.1. The Labute approximate surface area is 162 Å². The zero-order chi connectivity index (χ0) is 19.4. The maximum absolute atomic E-state index is 11.9. The van der Waals surface area contributed by atoms with Crippen LogP contribution in [0, 0.1) is 13.8 Å². The number of nitrogens with one attached hydrogen (secondary N) is 1. The molecule has 0 radical (unpaired) electrons. The van der Waals surface area contributed by atoms with Crippen LogP contribution in [-0.2, 0) is 9.53 Å². The number of carbonyl (C=O) groups excluding carboxylic acids is 1. The maximum Gasteiger partial charge on any atom is 0.248 e. The largest absolute Gasteiger partial charge is 0.390 e. The van der Waals surface area contributed by atoms with E-state index in [1.54, 1.807) is 4.90 Å². The van der Waals surface area contributed by atoms with E-state index in [1.807, 2.05) is 0 Å². The van der Waals surface area contributed by atoms with E-state index in [1.165, 1.54) is 23.9 Å². The van der Waals surface area contributed by atoms with Crippen LogP contribution in [0.5, 0.6) is 0 Å². The highest BCUT2D eigenvalue weighted by molar-refractivity contribution is 5.77. The highest BCUT2D eigenvalue weighted by Crippen LogP contribution is 2.23. The Morgan fingerprint density at radius 3 is 2.41 bits per heavy atom. The average molecular weight is 376 g/mol. The van der Waals surface area contributed by atoms with Gasteiger partial charge in [0.05, 0.1) is 6.10 Å². The highest BCUT2D eigenvalue weighted by Gasteiger charge is 2.32. The summed E-state index contributed by atoms with van der Waals surface area (Å²) < 4.78 is 4.91. The Hall–Kier alpha value is -1.63. The molecule has 2 aliphatic heterocycles. The molecule has 2 N–H and O–H groups in total. The molecule has 2 fully saturated rings. The second-order valence-corrected chi connectivity index (χ2v) is 8.01. The second kappa shape index (κ2) is 9.04. The van der Waals surface area contributed by atoms with E-state index in [0.29, 0.717) is 19.1 Å². The van der Waals surface area contributed by atoms with Gasteiger partial charge in [-0.1, -0.05) is 6.07 Å². The number of anilines is 1. The number of ether oxygens (including phenoxy) is 1. The summed E-state index contributed by atoms with van der Waals surface area (Å²) >= 11 is 0. The number of aryl methyl sites for hydroxylation is 2. The summed E-state index contributed by atoms with van der Waals surface area (Å²) in [7, 11) is 1.52. The van der Waals surface area contributed by atoms with E-state index in [0.717, 1.165) is 32.4 Å². The van der Waals surface area contributed by atoms with Gasteiger partial charge in [0.25, 0.3) is 0 Å². The molecule has 0 unspecified atom stereocenters. The summed E-state index contributed by atoms with van der Waals surface area (Å²) in [4.78, 5) is 16.1. The van der Waals surface area contributed by atoms with Crippen molar-refractivity contribution in [3.63, 3.8) is 0 Å². The van der Waals surface area contributed by atoms with E-state index in [2.05, 4.69) is 42.3 Å². The number of aliphatic hydroxyl groups is 1. The maximum atomic E-state index is 11.9. The van der Waals surface area contributed by atoms with Gasteiger partial charge in [-0.25, -0.2) is 0 Å². The van der Waals surface area contributed by atoms with Gasteiger partial charge >= 0.3 is 0 Å². The predicted molar refractivity (Wildman–Crippen MR) is 107 cm³/mol. The number of aliphatic hydroxyl groups excluding tert-OH is 1. The smallest absolute Gasteiger partial charge is 0.248 e. The number of hydrogen-bond acceptors (Lipinski definition) is 5. The van der Waals surface area contributed by atoms with Gasteiger partial charge in [0.1, 0.15) is 6.61 Å². The number of β-amino-alcohol motifs (C(OH)–C–C–N with tert-alkyl or cyclic N) is 1. The van der Waals surface area contributed by atoms with E-state index in [-0.39, 0.29) is 18.6 Å². The zero-order valence-corrected chi connectivity index (χ0v) is 16.8. The molecule has 0 aliphatic carbocycles. The number of hydrogen-bond donors (Lipinski definition) is 2. The van der Waals surface area contributed by atoms with Crippen molar-refractivity contribution < 1.29 is 14.6 Å². The molecule has 0 spiro atoms. The van der Waals surface area contributed by atoms with Crippen molar-refractivity contribution >= 4 is 11.6 Å². The molecule has 0 bridgehead atoms. The van der Waals surface area contributed by atoms with Gasteiger partial charge in [-0.15, -0.1) is 0 Å². The van der Waals surface area contributed by atoms with Crippen LogP contribution < -0.4 is 10.2 Å². The van der Waals surface area contributed by atoms with Crippen molar-refractivity contribution in [1.82, 2.24) is 10.2 Å². The third-order valence-electron chi connectivity index (χ3n) is 5.72. The molecule has 2 heterocycles. The van der Waals surface area contributed by atoms with Crippen LogP contribution in [0.25, 0.3) is 0 Å². The number of nitrogens with zero attached hydrogens (tertiary/aromatic N) is 2. The van der Waals surface area contributed by atoms with Gasteiger partial charge in [0.15, 0.2) is 0 Å². The lowest BCUT2D eigenvalue weighted by Gasteiger charge is -2.40. The lowest BCUT2D eigenvalue weighted by Crippen LogP contribution is -2.57. The SMILES string of the molecule is COCC(=O)N1CC[C@@H](NC2CCN(c3cc(C)cc(C)c3)CC2)[C@H](O)C1. The summed E-state index contributed by atoms with van der Waals surface area (Å²) in [5.41, 5.74) is 3.93. The molecule has 2 atom stereocenters. The summed E-state index contributed by atoms with van der Waals surface area (Å²) in [6, 6.07) is 7.22. The quantitative estimate of drug-likeness (QED) is 0.816. The fourth-order valence-corrected chi connectivity index (χ4v) is 4.31. The first-order valence-corrected chi connectivity index (χ1v) is 10.0. The molecule has 0 aromatic heterocycles. The monoisotopic (exact) mass is 375 g/mol. The first-order chi connectivity index (χ1) is 13.0.